The zero-order valence-electron chi connectivity index (χ0n) is 12.9. The Labute approximate surface area is 130 Å². The Bertz CT molecular complexity index is 559. The zero-order valence-corrected chi connectivity index (χ0v) is 12.9. The molecule has 0 saturated carbocycles. The Morgan fingerprint density at radius 3 is 2.50 bits per heavy atom. The van der Waals surface area contributed by atoms with Crippen molar-refractivity contribution in [2.24, 2.45) is 0 Å². The van der Waals surface area contributed by atoms with Crippen LogP contribution in [0.3, 0.4) is 0 Å². The summed E-state index contributed by atoms with van der Waals surface area (Å²) < 4.78 is 11.1. The van der Waals surface area contributed by atoms with Crippen LogP contribution in [0.1, 0.15) is 36.5 Å². The molecular weight excluding hydrogens is 282 g/mol. The van der Waals surface area contributed by atoms with Gasteiger partial charge in [-0.3, -0.25) is 9.69 Å². The van der Waals surface area contributed by atoms with E-state index in [-0.39, 0.29) is 30.2 Å². The Morgan fingerprint density at radius 2 is 1.82 bits per heavy atom. The van der Waals surface area contributed by atoms with Crippen LogP contribution < -0.4 is 0 Å². The van der Waals surface area contributed by atoms with Gasteiger partial charge in [-0.15, -0.1) is 0 Å². The van der Waals surface area contributed by atoms with Crippen LogP contribution in [0.4, 0.5) is 0 Å². The highest BCUT2D eigenvalue weighted by Gasteiger charge is 2.47. The molecule has 2 saturated heterocycles. The molecule has 3 rings (SSSR count). The van der Waals surface area contributed by atoms with E-state index in [9.17, 15) is 9.59 Å². The van der Waals surface area contributed by atoms with Gasteiger partial charge in [0.15, 0.2) is 0 Å². The summed E-state index contributed by atoms with van der Waals surface area (Å²) >= 11 is 0. The summed E-state index contributed by atoms with van der Waals surface area (Å²) in [7, 11) is 2.05. The summed E-state index contributed by atoms with van der Waals surface area (Å²) in [5, 5.41) is 0. The summed E-state index contributed by atoms with van der Waals surface area (Å²) in [4.78, 5) is 25.6. The van der Waals surface area contributed by atoms with Gasteiger partial charge in [-0.25, -0.2) is 4.79 Å². The first-order chi connectivity index (χ1) is 10.5. The van der Waals surface area contributed by atoms with Crippen LogP contribution in [-0.4, -0.2) is 48.2 Å². The molecule has 2 heterocycles. The Morgan fingerprint density at radius 1 is 1.09 bits per heavy atom. The maximum atomic E-state index is 12.2. The highest BCUT2D eigenvalue weighted by Crippen LogP contribution is 2.37. The van der Waals surface area contributed by atoms with Crippen LogP contribution in [0, 0.1) is 0 Å². The molecule has 4 atom stereocenters. The van der Waals surface area contributed by atoms with E-state index in [0.29, 0.717) is 18.0 Å². The smallest absolute Gasteiger partial charge is 0.338 e. The summed E-state index contributed by atoms with van der Waals surface area (Å²) in [6.45, 7) is 1.44. The highest BCUT2D eigenvalue weighted by atomic mass is 16.6. The molecule has 0 N–H and O–H groups in total. The molecule has 0 aromatic heterocycles. The second kappa shape index (κ2) is 6.08. The lowest BCUT2D eigenvalue weighted by Gasteiger charge is -2.36. The van der Waals surface area contributed by atoms with E-state index in [1.54, 1.807) is 12.1 Å². The summed E-state index contributed by atoms with van der Waals surface area (Å²) in [6.07, 6.45) is 2.12. The Kier molecular flexibility index (Phi) is 4.16. The number of nitrogens with zero attached hydrogens (tertiary/aromatic N) is 1. The van der Waals surface area contributed by atoms with E-state index in [2.05, 4.69) is 4.90 Å². The second-order valence-electron chi connectivity index (χ2n) is 6.13. The molecule has 1 aromatic rings. The molecule has 0 amide bonds. The van der Waals surface area contributed by atoms with E-state index >= 15 is 0 Å². The lowest BCUT2D eigenvalue weighted by atomic mass is 10.00. The monoisotopic (exact) mass is 303 g/mol. The maximum absolute atomic E-state index is 12.2. The number of hydrogen-bond acceptors (Lipinski definition) is 5. The average molecular weight is 303 g/mol. The first kappa shape index (κ1) is 15.0. The minimum Gasteiger partial charge on any atom is -0.461 e. The van der Waals surface area contributed by atoms with Crippen LogP contribution in [0.15, 0.2) is 30.3 Å². The van der Waals surface area contributed by atoms with Gasteiger partial charge in [-0.1, -0.05) is 18.2 Å². The van der Waals surface area contributed by atoms with Gasteiger partial charge in [0.05, 0.1) is 11.6 Å². The molecule has 1 aromatic carbocycles. The van der Waals surface area contributed by atoms with Gasteiger partial charge >= 0.3 is 11.9 Å². The van der Waals surface area contributed by atoms with Crippen molar-refractivity contribution in [3.8, 4) is 0 Å². The second-order valence-corrected chi connectivity index (χ2v) is 6.13. The minimum absolute atomic E-state index is 0.0899. The molecule has 0 aliphatic carbocycles. The van der Waals surface area contributed by atoms with Crippen LogP contribution in [0.25, 0.3) is 0 Å². The number of ether oxygens (including phenoxy) is 2. The van der Waals surface area contributed by atoms with E-state index < -0.39 is 0 Å². The predicted octanol–water partition coefficient (Wildman–Crippen LogP) is 2.01. The lowest BCUT2D eigenvalue weighted by Crippen LogP contribution is -2.46. The highest BCUT2D eigenvalue weighted by molar-refractivity contribution is 5.89. The fraction of sp³-hybridized carbons (Fsp3) is 0.529. The number of likely N-dealkylation sites (N-methyl/N-ethyl adjacent to an activating group) is 1. The topological polar surface area (TPSA) is 55.8 Å². The maximum Gasteiger partial charge on any atom is 0.338 e. The molecule has 2 bridgehead atoms. The van der Waals surface area contributed by atoms with Crippen LogP contribution in [0.5, 0.6) is 0 Å². The van der Waals surface area contributed by atoms with Gasteiger partial charge in [0, 0.05) is 32.2 Å². The van der Waals surface area contributed by atoms with Gasteiger partial charge < -0.3 is 9.47 Å². The van der Waals surface area contributed by atoms with Crippen molar-refractivity contribution >= 4 is 11.9 Å². The standard InChI is InChI=1S/C17H21NO4/c1-11(19)21-16-9-13-8-14(10-15(16)18(13)2)22-17(20)12-6-4-3-5-7-12/h3-7,13-16H,8-10H2,1-2H3/t13-,14-,15+,16-/m1/s1. The number of carbonyl (C=O) groups is 2. The fourth-order valence-electron chi connectivity index (χ4n) is 3.60. The molecule has 22 heavy (non-hydrogen) atoms. The summed E-state index contributed by atoms with van der Waals surface area (Å²) in [5.74, 6) is -0.526. The molecule has 2 aliphatic heterocycles. The van der Waals surface area contributed by atoms with Gasteiger partial charge in [0.1, 0.15) is 12.2 Å². The number of fused-ring (bicyclic) bond motifs is 2. The SMILES string of the molecule is CC(=O)O[C@@H]1C[C@H]2C[C@@H](OC(=O)c3ccccc3)C[C@@H]1N2C. The molecule has 2 aliphatic rings. The van der Waals surface area contributed by atoms with Crippen LogP contribution in [0.2, 0.25) is 0 Å². The van der Waals surface area contributed by atoms with Crippen molar-refractivity contribution in [2.45, 2.75) is 50.5 Å². The van der Waals surface area contributed by atoms with E-state index in [1.807, 2.05) is 25.2 Å². The van der Waals surface area contributed by atoms with Crippen molar-refractivity contribution in [3.63, 3.8) is 0 Å². The first-order valence-electron chi connectivity index (χ1n) is 7.70. The zero-order chi connectivity index (χ0) is 15.7. The molecule has 118 valence electrons. The van der Waals surface area contributed by atoms with Gasteiger partial charge in [0.25, 0.3) is 0 Å². The molecule has 0 radical (unpaired) electrons. The van der Waals surface area contributed by atoms with Crippen LogP contribution >= 0.6 is 0 Å². The third-order valence-corrected chi connectivity index (χ3v) is 4.67. The molecule has 5 nitrogen and oxygen atoms in total. The average Bonchev–Trinajstić information content (AvgIpc) is 2.67. The number of carbonyl (C=O) groups excluding carboxylic acids is 2. The fourth-order valence-corrected chi connectivity index (χ4v) is 3.60. The number of hydrogen-bond donors (Lipinski definition) is 0. The number of rotatable bonds is 3. The largest absolute Gasteiger partial charge is 0.461 e. The van der Waals surface area contributed by atoms with Gasteiger partial charge in [-0.05, 0) is 19.2 Å². The van der Waals surface area contributed by atoms with Gasteiger partial charge in [-0.2, -0.15) is 0 Å². The molecular formula is C17H21NO4. The van der Waals surface area contributed by atoms with Gasteiger partial charge in [0.2, 0.25) is 0 Å². The Balaban J connectivity index is 1.64. The Hall–Kier alpha value is -1.88. The lowest BCUT2D eigenvalue weighted by molar-refractivity contribution is -0.147. The number of benzene rings is 1. The van der Waals surface area contributed by atoms with E-state index in [0.717, 1.165) is 12.8 Å². The summed E-state index contributed by atoms with van der Waals surface area (Å²) in [6, 6.07) is 9.47. The normalized spacial score (nSPS) is 30.8. The number of piperidine rings is 1. The number of esters is 2. The third-order valence-electron chi connectivity index (χ3n) is 4.67. The van der Waals surface area contributed by atoms with Crippen molar-refractivity contribution in [3.05, 3.63) is 35.9 Å². The van der Waals surface area contributed by atoms with Crippen molar-refractivity contribution in [1.29, 1.82) is 0 Å². The predicted molar refractivity (Wildman–Crippen MR) is 80.4 cm³/mol. The van der Waals surface area contributed by atoms with Crippen molar-refractivity contribution in [1.82, 2.24) is 4.90 Å². The van der Waals surface area contributed by atoms with E-state index in [1.165, 1.54) is 6.92 Å². The third kappa shape index (κ3) is 2.99. The molecule has 0 unspecified atom stereocenters. The minimum atomic E-state index is -0.279. The molecule has 2 fully saturated rings. The van der Waals surface area contributed by atoms with Crippen molar-refractivity contribution < 1.29 is 19.1 Å². The van der Waals surface area contributed by atoms with E-state index in [4.69, 9.17) is 9.47 Å². The first-order valence-corrected chi connectivity index (χ1v) is 7.70. The van der Waals surface area contributed by atoms with Crippen molar-refractivity contribution in [2.75, 3.05) is 7.05 Å². The summed E-state index contributed by atoms with van der Waals surface area (Å²) in [5.41, 5.74) is 0.574. The molecule has 0 spiro atoms. The quantitative estimate of drug-likeness (QED) is 0.800. The van der Waals surface area contributed by atoms with Crippen LogP contribution in [-0.2, 0) is 14.3 Å². The molecule has 5 heteroatoms.